The van der Waals surface area contributed by atoms with Crippen molar-refractivity contribution in [1.29, 1.82) is 0 Å². The molecule has 1 saturated carbocycles. The normalized spacial score (nSPS) is 14.2. The highest BCUT2D eigenvalue weighted by molar-refractivity contribution is 7.86. The van der Waals surface area contributed by atoms with E-state index in [2.05, 4.69) is 20.5 Å². The first-order chi connectivity index (χ1) is 17.2. The molecule has 3 aromatic heterocycles. The molecular weight excluding hydrogens is 477 g/mol. The van der Waals surface area contributed by atoms with Gasteiger partial charge in [0.05, 0.1) is 10.9 Å². The van der Waals surface area contributed by atoms with Crippen LogP contribution in [0.3, 0.4) is 0 Å². The number of aromatic amines is 1. The Bertz CT molecular complexity index is 1940. The molecule has 2 aromatic carbocycles. The van der Waals surface area contributed by atoms with E-state index in [1.165, 1.54) is 12.3 Å². The van der Waals surface area contributed by atoms with Gasteiger partial charge in [0.1, 0.15) is 10.5 Å². The lowest BCUT2D eigenvalue weighted by Crippen LogP contribution is -2.11. The third kappa shape index (κ3) is 3.42. The summed E-state index contributed by atoms with van der Waals surface area (Å²) in [5.74, 6) is 2.66. The molecule has 0 bridgehead atoms. The Kier molecular flexibility index (Phi) is 4.86. The van der Waals surface area contributed by atoms with Gasteiger partial charge in [-0.1, -0.05) is 25.8 Å². The molecule has 180 valence electrons. The van der Waals surface area contributed by atoms with E-state index in [0.29, 0.717) is 16.3 Å². The van der Waals surface area contributed by atoms with Gasteiger partial charge in [0.15, 0.2) is 5.43 Å². The van der Waals surface area contributed by atoms with Gasteiger partial charge in [-0.15, -0.1) is 10.3 Å². The molecule has 6 rings (SSSR count). The molecule has 0 spiro atoms. The van der Waals surface area contributed by atoms with Crippen LogP contribution in [0.25, 0.3) is 44.0 Å². The number of halogens is 1. The van der Waals surface area contributed by atoms with Crippen LogP contribution in [0.15, 0.2) is 58.5 Å². The molecule has 8 heteroatoms. The van der Waals surface area contributed by atoms with Crippen LogP contribution in [0.1, 0.15) is 49.8 Å². The minimum absolute atomic E-state index is 0.0145. The Morgan fingerprint density at radius 3 is 2.58 bits per heavy atom. The van der Waals surface area contributed by atoms with Gasteiger partial charge in [0.25, 0.3) is 0 Å². The average molecular weight is 500 g/mol. The van der Waals surface area contributed by atoms with Gasteiger partial charge in [-0.3, -0.25) is 9.78 Å². The number of terminal acetylenes is 1. The highest BCUT2D eigenvalue weighted by Crippen LogP contribution is 2.42. The molecule has 0 unspecified atom stereocenters. The SMILES string of the molecule is C#Cc1ccc2c(c1)[nH]c1c2c(=O)c2cc(C(C)C)c(-c3cncc(S(=O)(=O)F)c3)cc2n1C1CC1. The molecule has 6 nitrogen and oxygen atoms in total. The van der Waals surface area contributed by atoms with Crippen LogP contribution in [0.2, 0.25) is 0 Å². The number of hydrogen-bond acceptors (Lipinski definition) is 4. The number of hydrogen-bond donors (Lipinski definition) is 1. The van der Waals surface area contributed by atoms with Crippen LogP contribution in [0, 0.1) is 12.3 Å². The molecule has 0 amide bonds. The Morgan fingerprint density at radius 2 is 1.92 bits per heavy atom. The smallest absolute Gasteiger partial charge is 0.333 e. The van der Waals surface area contributed by atoms with Gasteiger partial charge in [0, 0.05) is 45.9 Å². The first-order valence-electron chi connectivity index (χ1n) is 11.7. The van der Waals surface area contributed by atoms with E-state index in [4.69, 9.17) is 6.42 Å². The molecule has 3 heterocycles. The van der Waals surface area contributed by atoms with E-state index >= 15 is 0 Å². The van der Waals surface area contributed by atoms with Crippen molar-refractivity contribution in [2.45, 2.75) is 43.5 Å². The summed E-state index contributed by atoms with van der Waals surface area (Å²) in [4.78, 5) is 20.8. The maximum atomic E-state index is 13.9. The van der Waals surface area contributed by atoms with Gasteiger partial charge in [-0.05, 0) is 60.2 Å². The monoisotopic (exact) mass is 499 g/mol. The first-order valence-corrected chi connectivity index (χ1v) is 13.1. The average Bonchev–Trinajstić information content (AvgIpc) is 3.61. The van der Waals surface area contributed by atoms with Gasteiger partial charge in [0.2, 0.25) is 0 Å². The van der Waals surface area contributed by atoms with Crippen LogP contribution < -0.4 is 5.43 Å². The van der Waals surface area contributed by atoms with Crippen molar-refractivity contribution >= 4 is 43.1 Å². The summed E-state index contributed by atoms with van der Waals surface area (Å²) >= 11 is 0. The van der Waals surface area contributed by atoms with E-state index in [1.807, 2.05) is 44.2 Å². The van der Waals surface area contributed by atoms with Gasteiger partial charge >= 0.3 is 10.2 Å². The van der Waals surface area contributed by atoms with Crippen LogP contribution in [0.4, 0.5) is 3.89 Å². The first kappa shape index (κ1) is 22.5. The summed E-state index contributed by atoms with van der Waals surface area (Å²) in [6.45, 7) is 4.00. The van der Waals surface area contributed by atoms with Gasteiger partial charge in [-0.2, -0.15) is 8.42 Å². The van der Waals surface area contributed by atoms with Crippen molar-refractivity contribution in [3.8, 4) is 23.5 Å². The maximum absolute atomic E-state index is 13.9. The van der Waals surface area contributed by atoms with Crippen molar-refractivity contribution in [3.63, 3.8) is 0 Å². The van der Waals surface area contributed by atoms with Crippen LogP contribution in [-0.4, -0.2) is 23.0 Å². The lowest BCUT2D eigenvalue weighted by molar-refractivity contribution is 0.551. The summed E-state index contributed by atoms with van der Waals surface area (Å²) in [6.07, 6.45) is 10.1. The Balaban J connectivity index is 1.75. The molecule has 0 saturated heterocycles. The second-order valence-electron chi connectivity index (χ2n) is 9.64. The minimum Gasteiger partial charge on any atom is -0.340 e. The van der Waals surface area contributed by atoms with E-state index in [9.17, 15) is 17.1 Å². The Labute approximate surface area is 207 Å². The number of H-pyrrole nitrogens is 1. The highest BCUT2D eigenvalue weighted by atomic mass is 32.3. The van der Waals surface area contributed by atoms with Crippen LogP contribution >= 0.6 is 0 Å². The Morgan fingerprint density at radius 1 is 1.14 bits per heavy atom. The van der Waals surface area contributed by atoms with Crippen molar-refractivity contribution in [1.82, 2.24) is 14.5 Å². The Hall–Kier alpha value is -3.96. The molecule has 1 aliphatic carbocycles. The lowest BCUT2D eigenvalue weighted by Gasteiger charge is -2.18. The number of benzene rings is 2. The van der Waals surface area contributed by atoms with Crippen LogP contribution in [0.5, 0.6) is 0 Å². The number of aromatic nitrogens is 3. The molecule has 0 aliphatic heterocycles. The van der Waals surface area contributed by atoms with Gasteiger partial charge in [-0.25, -0.2) is 0 Å². The fourth-order valence-electron chi connectivity index (χ4n) is 5.06. The fraction of sp³-hybridized carbons (Fsp3) is 0.214. The van der Waals surface area contributed by atoms with Gasteiger partial charge < -0.3 is 9.55 Å². The van der Waals surface area contributed by atoms with Crippen molar-refractivity contribution < 1.29 is 12.3 Å². The highest BCUT2D eigenvalue weighted by Gasteiger charge is 2.29. The predicted molar refractivity (Wildman–Crippen MR) is 139 cm³/mol. The van der Waals surface area contributed by atoms with E-state index in [1.54, 1.807) is 0 Å². The molecule has 5 aromatic rings. The van der Waals surface area contributed by atoms with E-state index < -0.39 is 15.1 Å². The van der Waals surface area contributed by atoms with Crippen LogP contribution in [-0.2, 0) is 10.2 Å². The van der Waals surface area contributed by atoms with Crippen molar-refractivity contribution in [3.05, 3.63) is 70.1 Å². The molecule has 0 atom stereocenters. The zero-order valence-corrected chi connectivity index (χ0v) is 20.5. The minimum atomic E-state index is -4.91. The standard InChI is InChI=1S/C28H22FN3O3S/c1-4-16-5-8-20-24(9-16)31-28-26(20)27(33)23-11-21(15(2)3)22(12-25(23)32(28)18-6-7-18)17-10-19(14-30-13-17)36(29,34)35/h1,5,8-15,18,31H,6-7H2,2-3H3. The predicted octanol–water partition coefficient (Wildman–Crippen LogP) is 5.80. The lowest BCUT2D eigenvalue weighted by atomic mass is 9.91. The molecule has 1 fully saturated rings. The number of fused-ring (bicyclic) bond motifs is 4. The maximum Gasteiger partial charge on any atom is 0.333 e. The fourth-order valence-corrected chi connectivity index (χ4v) is 5.52. The zero-order valence-electron chi connectivity index (χ0n) is 19.7. The number of pyridine rings is 2. The number of nitrogens with one attached hydrogen (secondary N) is 1. The molecule has 1 aliphatic rings. The van der Waals surface area contributed by atoms with Crippen molar-refractivity contribution in [2.24, 2.45) is 0 Å². The third-order valence-corrected chi connectivity index (χ3v) is 7.71. The molecular formula is C28H22FN3O3S. The molecule has 1 N–H and O–H groups in total. The van der Waals surface area contributed by atoms with Crippen molar-refractivity contribution in [2.75, 3.05) is 0 Å². The summed E-state index contributed by atoms with van der Waals surface area (Å²) < 4.78 is 39.0. The largest absolute Gasteiger partial charge is 0.340 e. The zero-order chi connectivity index (χ0) is 25.4. The topological polar surface area (TPSA) is 84.8 Å². The summed E-state index contributed by atoms with van der Waals surface area (Å²) in [7, 11) is -4.91. The van der Waals surface area contributed by atoms with E-state index in [-0.39, 0.29) is 17.4 Å². The summed E-state index contributed by atoms with van der Waals surface area (Å²) in [5, 5.41) is 2.04. The number of rotatable bonds is 4. The molecule has 0 radical (unpaired) electrons. The second-order valence-corrected chi connectivity index (χ2v) is 11.0. The third-order valence-electron chi connectivity index (χ3n) is 6.93. The quantitative estimate of drug-likeness (QED) is 0.250. The molecule has 36 heavy (non-hydrogen) atoms. The number of nitrogens with zero attached hydrogens (tertiary/aromatic N) is 2. The summed E-state index contributed by atoms with van der Waals surface area (Å²) in [5.41, 5.74) is 4.97. The second kappa shape index (κ2) is 7.77. The van der Waals surface area contributed by atoms with E-state index in [0.717, 1.165) is 57.8 Å². The summed E-state index contributed by atoms with van der Waals surface area (Å²) in [6, 6.07) is 10.9.